The van der Waals surface area contributed by atoms with Crippen LogP contribution in [-0.2, 0) is 67.0 Å². The number of anilines is 2. The molecule has 0 aromatic heterocycles. The van der Waals surface area contributed by atoms with Crippen molar-refractivity contribution in [3.63, 3.8) is 0 Å². The van der Waals surface area contributed by atoms with Crippen molar-refractivity contribution in [2.45, 2.75) is 170 Å². The van der Waals surface area contributed by atoms with Gasteiger partial charge in [0.05, 0.1) is 93.4 Å². The molecule has 2 unspecified atom stereocenters. The molecule has 0 bridgehead atoms. The van der Waals surface area contributed by atoms with Gasteiger partial charge in [-0.1, -0.05) is 79.7 Å². The van der Waals surface area contributed by atoms with E-state index in [2.05, 4.69) is 31.9 Å². The van der Waals surface area contributed by atoms with Crippen LogP contribution in [0.25, 0.3) is 11.1 Å². The van der Waals surface area contributed by atoms with Crippen LogP contribution in [0.2, 0.25) is 0 Å². The van der Waals surface area contributed by atoms with E-state index in [9.17, 15) is 67.1 Å². The Bertz CT molecular complexity index is 4590. The second-order valence-corrected chi connectivity index (χ2v) is 31.5. The van der Waals surface area contributed by atoms with Crippen LogP contribution < -0.4 is 46.1 Å². The highest BCUT2D eigenvalue weighted by Crippen LogP contribution is 2.42. The summed E-state index contributed by atoms with van der Waals surface area (Å²) < 4.78 is 29.3. The SMILES string of the molecule is COc1cc2c(cc1OCCCOc1cc3c(cc1C)C(=O)N1C=C(c4ccc(NC(=O)[C@H](C)CC(=O)[C@@H](NC(=O)CCOCCNC(=O)CCCN5C(=O)CC(C)C5=O)C(C)C)cc4)C[C@H]1C=N3)N=C[C@@H]1CC(c3ccc(NC(=O)[C@H](C)CC(=O)[C@@H](NC(=O)CCOCCNC(=O)CCCN4C(=O)CC(C)C4=O)C(C)C)cc3)=CN1C2=O. The minimum absolute atomic E-state index is 0.0251. The smallest absolute Gasteiger partial charge is 0.260 e. The fourth-order valence-corrected chi connectivity index (χ4v) is 14.6. The lowest BCUT2D eigenvalue weighted by molar-refractivity contribution is -0.141. The van der Waals surface area contributed by atoms with E-state index in [1.165, 1.54) is 16.9 Å². The third kappa shape index (κ3) is 23.4. The number of aryl methyl sites for hydroxylation is 1. The lowest BCUT2D eigenvalue weighted by Crippen LogP contribution is -2.45. The molecule has 0 saturated carbocycles. The number of hydrogen-bond acceptors (Lipinski definition) is 21. The van der Waals surface area contributed by atoms with Crippen LogP contribution in [-0.4, -0.2) is 212 Å². The zero-order chi connectivity index (χ0) is 85.0. The molecule has 118 heavy (non-hydrogen) atoms. The van der Waals surface area contributed by atoms with E-state index in [-0.39, 0.29) is 224 Å². The molecule has 2 saturated heterocycles. The molecule has 2 fully saturated rings. The van der Waals surface area contributed by atoms with E-state index in [1.807, 2.05) is 51.2 Å². The lowest BCUT2D eigenvalue weighted by Gasteiger charge is -2.23. The van der Waals surface area contributed by atoms with Gasteiger partial charge >= 0.3 is 0 Å². The number of methoxy groups -OCH3 is 1. The molecule has 8 atom stereocenters. The van der Waals surface area contributed by atoms with Gasteiger partial charge in [-0.15, -0.1) is 0 Å². The predicted molar refractivity (Wildman–Crippen MR) is 439 cm³/mol. The Hall–Kier alpha value is -11.6. The van der Waals surface area contributed by atoms with Crippen molar-refractivity contribution < 1.29 is 90.8 Å². The predicted octanol–water partition coefficient (Wildman–Crippen LogP) is 8.54. The first kappa shape index (κ1) is 88.8. The number of rotatable bonds is 43. The molecule has 6 N–H and O–H groups in total. The van der Waals surface area contributed by atoms with E-state index in [0.717, 1.165) is 27.8 Å². The van der Waals surface area contributed by atoms with Crippen molar-refractivity contribution >= 4 is 129 Å². The maximum Gasteiger partial charge on any atom is 0.260 e. The number of amides is 12. The minimum Gasteiger partial charge on any atom is -0.493 e. The highest BCUT2D eigenvalue weighted by Gasteiger charge is 2.39. The first-order valence-electron chi connectivity index (χ1n) is 40.6. The number of imide groups is 2. The highest BCUT2D eigenvalue weighted by atomic mass is 16.5. The Kier molecular flexibility index (Phi) is 31.2. The number of Topliss-reactive ketones (excluding diaryl/α,β-unsaturated/α-hetero) is 2. The number of nitrogens with zero attached hydrogens (tertiary/aromatic N) is 6. The standard InChI is InChI=1S/C87H108N12O19/c1-50(2)80(94-76(104)24-32-115-34-26-88-74(102)14-11-28-96-78(106)39-55(8)84(96)110)69(100)37-53(6)82(108)92-61-20-16-57(17-21-61)59-41-63-46-90-67-44-71(52(5)36-65(67)86(112)98(63)48-59)117-30-13-31-118-73-45-68-66(43-72(73)114-10)87(113)99-49-60(42-64(99)47-91-68)58-18-22-62(23-19-58)93-83(109)54(7)38-70(101)81(51(3)4)95-77(105)25-33-116-35-27-89-75(103)15-12-29-97-79(107)40-56(9)85(97)111/h16-23,36,43-51,53-56,63-64,80-81H,11-15,24-35,37-42H2,1-10H3,(H,88,102)(H,89,103)(H,92,108)(H,93,109)(H,94,104)(H,95,105)/t53-,54-,55?,56?,63+,64+,80+,81+/m1/s1. The number of carbonyl (C=O) groups is 14. The van der Waals surface area contributed by atoms with Gasteiger partial charge in [0.25, 0.3) is 11.8 Å². The van der Waals surface area contributed by atoms with Crippen molar-refractivity contribution in [1.29, 1.82) is 0 Å². The average Bonchev–Trinajstić information content (AvgIpc) is 1.62. The average molecular weight is 1630 g/mol. The van der Waals surface area contributed by atoms with Crippen molar-refractivity contribution in [3.05, 3.63) is 113 Å². The summed E-state index contributed by atoms with van der Waals surface area (Å²) in [4.78, 5) is 196. The molecule has 6 aliphatic heterocycles. The number of likely N-dealkylation sites (tertiary alicyclic amines) is 2. The fourth-order valence-electron chi connectivity index (χ4n) is 14.6. The van der Waals surface area contributed by atoms with Crippen molar-refractivity contribution in [1.82, 2.24) is 40.9 Å². The lowest BCUT2D eigenvalue weighted by atomic mass is 9.92. The second-order valence-electron chi connectivity index (χ2n) is 31.5. The van der Waals surface area contributed by atoms with Gasteiger partial charge in [0.1, 0.15) is 5.75 Å². The van der Waals surface area contributed by atoms with Gasteiger partial charge in [-0.25, -0.2) is 0 Å². The molecule has 6 aliphatic rings. The van der Waals surface area contributed by atoms with E-state index >= 15 is 0 Å². The van der Waals surface area contributed by atoms with Gasteiger partial charge in [0.15, 0.2) is 23.1 Å². The topological polar surface area (TPSA) is 395 Å². The fraction of sp³-hybridized carbons (Fsp3) is 0.494. The molecular weight excluding hydrogens is 1520 g/mol. The molecule has 0 spiro atoms. The number of fused-ring (bicyclic) bond motifs is 4. The Morgan fingerprint density at radius 1 is 0.483 bits per heavy atom. The molecule has 6 heterocycles. The Balaban J connectivity index is 0.612. The maximum absolute atomic E-state index is 14.3. The monoisotopic (exact) mass is 1620 g/mol. The van der Waals surface area contributed by atoms with Crippen LogP contribution >= 0.6 is 0 Å². The van der Waals surface area contributed by atoms with E-state index in [0.29, 0.717) is 83.2 Å². The van der Waals surface area contributed by atoms with E-state index in [4.69, 9.17) is 33.7 Å². The van der Waals surface area contributed by atoms with Crippen molar-refractivity contribution in [2.75, 3.05) is 83.6 Å². The van der Waals surface area contributed by atoms with Crippen LogP contribution in [0.1, 0.15) is 176 Å². The van der Waals surface area contributed by atoms with Crippen LogP contribution in [0.3, 0.4) is 0 Å². The van der Waals surface area contributed by atoms with Gasteiger partial charge in [0.2, 0.25) is 59.1 Å². The third-order valence-electron chi connectivity index (χ3n) is 21.5. The van der Waals surface area contributed by atoms with Crippen molar-refractivity contribution in [3.8, 4) is 17.2 Å². The number of carbonyl (C=O) groups excluding carboxylic acids is 14. The number of hydrogen-bond donors (Lipinski definition) is 6. The number of ketones is 2. The van der Waals surface area contributed by atoms with Gasteiger partial charge < -0.3 is 65.4 Å². The first-order chi connectivity index (χ1) is 56.4. The van der Waals surface area contributed by atoms with Crippen LogP contribution in [0.4, 0.5) is 22.7 Å². The van der Waals surface area contributed by atoms with E-state index < -0.39 is 35.7 Å². The highest BCUT2D eigenvalue weighted by molar-refractivity contribution is 6.08. The maximum atomic E-state index is 14.3. The van der Waals surface area contributed by atoms with Crippen LogP contribution in [0, 0.1) is 42.4 Å². The zero-order valence-electron chi connectivity index (χ0n) is 68.7. The molecular formula is C87H108N12O19. The molecule has 4 aromatic carbocycles. The Morgan fingerprint density at radius 2 is 0.898 bits per heavy atom. The van der Waals surface area contributed by atoms with Crippen LogP contribution in [0.15, 0.2) is 95.2 Å². The third-order valence-corrected chi connectivity index (χ3v) is 21.5. The molecule has 31 heteroatoms. The zero-order valence-corrected chi connectivity index (χ0v) is 68.7. The van der Waals surface area contributed by atoms with Crippen molar-refractivity contribution in [2.24, 2.45) is 45.5 Å². The van der Waals surface area contributed by atoms with Gasteiger partial charge in [-0.3, -0.25) is 86.9 Å². The minimum atomic E-state index is -0.834. The van der Waals surface area contributed by atoms with E-state index in [1.54, 1.807) is 119 Å². The number of ether oxygens (including phenoxy) is 5. The number of nitrogens with one attached hydrogen (secondary N) is 6. The molecule has 4 aromatic rings. The summed E-state index contributed by atoms with van der Waals surface area (Å²) in [6, 6.07) is 18.9. The number of aliphatic imine (C=N–C) groups is 2. The molecule has 0 radical (unpaired) electrons. The summed E-state index contributed by atoms with van der Waals surface area (Å²) in [6.45, 7) is 17.5. The van der Waals surface area contributed by atoms with Gasteiger partial charge in [-0.2, -0.15) is 0 Å². The summed E-state index contributed by atoms with van der Waals surface area (Å²) in [5, 5.41) is 16.8. The number of benzene rings is 4. The summed E-state index contributed by atoms with van der Waals surface area (Å²) in [5.74, 6) is -5.33. The largest absolute Gasteiger partial charge is 0.493 e. The summed E-state index contributed by atoms with van der Waals surface area (Å²) in [5.41, 5.74) is 6.84. The molecule has 12 amide bonds. The normalized spacial score (nSPS) is 18.3. The Morgan fingerprint density at radius 3 is 1.31 bits per heavy atom. The molecule has 0 aliphatic carbocycles. The van der Waals surface area contributed by atoms with Gasteiger partial charge in [0, 0.05) is 169 Å². The quantitative estimate of drug-likeness (QED) is 0.0178. The summed E-state index contributed by atoms with van der Waals surface area (Å²) in [7, 11) is 1.49. The molecule has 10 rings (SSSR count). The summed E-state index contributed by atoms with van der Waals surface area (Å²) >= 11 is 0. The second kappa shape index (κ2) is 41.5. The van der Waals surface area contributed by atoms with Gasteiger partial charge in [-0.05, 0) is 95.8 Å². The molecule has 31 nitrogen and oxygen atoms in total. The summed E-state index contributed by atoms with van der Waals surface area (Å²) in [6.07, 6.45) is 9.61. The van der Waals surface area contributed by atoms with Crippen LogP contribution in [0.5, 0.6) is 17.2 Å². The molecule has 630 valence electrons. The first-order valence-corrected chi connectivity index (χ1v) is 40.6. The Labute approximate surface area is 686 Å².